The van der Waals surface area contributed by atoms with Crippen LogP contribution >= 0.6 is 0 Å². The molecule has 2 fully saturated rings. The maximum absolute atomic E-state index is 5.51. The summed E-state index contributed by atoms with van der Waals surface area (Å²) in [7, 11) is 2.07. The summed E-state index contributed by atoms with van der Waals surface area (Å²) < 4.78 is 7.61. The van der Waals surface area contributed by atoms with E-state index >= 15 is 0 Å². The minimum atomic E-state index is 0.558. The van der Waals surface area contributed by atoms with E-state index in [1.165, 1.54) is 24.1 Å². The molecule has 3 heterocycles. The molecule has 2 aromatic heterocycles. The van der Waals surface area contributed by atoms with Crippen molar-refractivity contribution < 1.29 is 4.74 Å². The Morgan fingerprint density at radius 1 is 1.15 bits per heavy atom. The first-order valence-corrected chi connectivity index (χ1v) is 9.62. The van der Waals surface area contributed by atoms with Gasteiger partial charge in [-0.3, -0.25) is 4.40 Å². The largest absolute Gasteiger partial charge is 0.378 e. The van der Waals surface area contributed by atoms with Gasteiger partial charge in [-0.15, -0.1) is 10.2 Å². The minimum absolute atomic E-state index is 0.558. The van der Waals surface area contributed by atoms with Gasteiger partial charge in [-0.2, -0.15) is 0 Å². The van der Waals surface area contributed by atoms with Gasteiger partial charge in [0, 0.05) is 50.7 Å². The summed E-state index contributed by atoms with van der Waals surface area (Å²) in [6.07, 6.45) is 6.24. The topological polar surface area (TPSA) is 58.8 Å². The van der Waals surface area contributed by atoms with Crippen molar-refractivity contribution in [3.63, 3.8) is 0 Å². The van der Waals surface area contributed by atoms with Crippen molar-refractivity contribution >= 4 is 17.2 Å². The number of morpholine rings is 1. The average molecular weight is 364 g/mol. The van der Waals surface area contributed by atoms with Gasteiger partial charge in [-0.05, 0) is 24.5 Å². The predicted octanol–water partition coefficient (Wildman–Crippen LogP) is 2.47. The Kier molecular flexibility index (Phi) is 4.16. The van der Waals surface area contributed by atoms with Gasteiger partial charge >= 0.3 is 0 Å². The molecule has 0 unspecified atom stereocenters. The molecule has 7 nitrogen and oxygen atoms in total. The Morgan fingerprint density at radius 2 is 1.96 bits per heavy atom. The Bertz CT molecular complexity index is 945. The molecule has 2 aliphatic rings. The van der Waals surface area contributed by atoms with E-state index in [9.17, 15) is 0 Å². The molecular formula is C20H24N6O. The second kappa shape index (κ2) is 6.81. The number of rotatable bonds is 5. The van der Waals surface area contributed by atoms with Gasteiger partial charge in [0.25, 0.3) is 0 Å². The predicted molar refractivity (Wildman–Crippen MR) is 104 cm³/mol. The Morgan fingerprint density at radius 3 is 2.78 bits per heavy atom. The number of anilines is 2. The molecule has 27 heavy (non-hydrogen) atoms. The maximum atomic E-state index is 5.51. The molecule has 1 saturated carbocycles. The first kappa shape index (κ1) is 16.5. The van der Waals surface area contributed by atoms with Crippen molar-refractivity contribution in [2.24, 2.45) is 0 Å². The lowest BCUT2D eigenvalue weighted by Gasteiger charge is -2.31. The number of hydrogen-bond acceptors (Lipinski definition) is 6. The molecule has 1 aliphatic heterocycles. The van der Waals surface area contributed by atoms with E-state index in [1.807, 2.05) is 12.4 Å². The van der Waals surface area contributed by atoms with Crippen LogP contribution in [-0.4, -0.2) is 52.9 Å². The first-order valence-electron chi connectivity index (χ1n) is 9.62. The Hall–Kier alpha value is -2.67. The molecule has 0 bridgehead atoms. The monoisotopic (exact) mass is 364 g/mol. The molecule has 0 atom stereocenters. The summed E-state index contributed by atoms with van der Waals surface area (Å²) in [5.41, 5.74) is 3.40. The van der Waals surface area contributed by atoms with Gasteiger partial charge in [0.2, 0.25) is 5.65 Å². The molecule has 0 amide bonds. The third kappa shape index (κ3) is 3.12. The lowest BCUT2D eigenvalue weighted by molar-refractivity contribution is 0.122. The van der Waals surface area contributed by atoms with E-state index in [1.54, 1.807) is 0 Å². The van der Waals surface area contributed by atoms with E-state index in [0.29, 0.717) is 5.92 Å². The van der Waals surface area contributed by atoms with E-state index in [0.717, 1.165) is 50.1 Å². The number of fused-ring (bicyclic) bond motifs is 1. The van der Waals surface area contributed by atoms with E-state index in [-0.39, 0.29) is 0 Å². The summed E-state index contributed by atoms with van der Waals surface area (Å²) >= 11 is 0. The number of para-hydroxylation sites is 1. The van der Waals surface area contributed by atoms with Crippen molar-refractivity contribution in [3.8, 4) is 0 Å². The zero-order valence-corrected chi connectivity index (χ0v) is 15.6. The van der Waals surface area contributed by atoms with Gasteiger partial charge in [-0.25, -0.2) is 4.98 Å². The fourth-order valence-electron chi connectivity index (χ4n) is 3.81. The van der Waals surface area contributed by atoms with E-state index in [2.05, 4.69) is 60.7 Å². The van der Waals surface area contributed by atoms with Gasteiger partial charge < -0.3 is 14.5 Å². The van der Waals surface area contributed by atoms with Crippen LogP contribution in [0, 0.1) is 0 Å². The van der Waals surface area contributed by atoms with Crippen LogP contribution in [0.25, 0.3) is 5.65 Å². The standard InChI is InChI=1S/C20H24N6O/c1-24(14-16-4-2-3-5-17(16)25-10-12-27-13-11-25)19-20-23-22-18(15-6-7-15)26(20)9-8-21-19/h2-5,8-9,15H,6-7,10-14H2,1H3. The summed E-state index contributed by atoms with van der Waals surface area (Å²) in [5.74, 6) is 2.49. The van der Waals surface area contributed by atoms with Gasteiger partial charge in [0.05, 0.1) is 13.2 Å². The lowest BCUT2D eigenvalue weighted by Crippen LogP contribution is -2.37. The molecule has 3 aromatic rings. The molecule has 1 aromatic carbocycles. The fourth-order valence-corrected chi connectivity index (χ4v) is 3.81. The molecule has 0 N–H and O–H groups in total. The van der Waals surface area contributed by atoms with Gasteiger partial charge in [0.15, 0.2) is 5.82 Å². The highest BCUT2D eigenvalue weighted by molar-refractivity contribution is 5.65. The van der Waals surface area contributed by atoms with Crippen LogP contribution in [0.15, 0.2) is 36.7 Å². The van der Waals surface area contributed by atoms with Crippen LogP contribution in [0.2, 0.25) is 0 Å². The van der Waals surface area contributed by atoms with Crippen LogP contribution in [0.1, 0.15) is 30.1 Å². The summed E-state index contributed by atoms with van der Waals surface area (Å²) in [4.78, 5) is 9.18. The zero-order chi connectivity index (χ0) is 18.2. The molecule has 5 rings (SSSR count). The van der Waals surface area contributed by atoms with Crippen molar-refractivity contribution in [2.75, 3.05) is 43.2 Å². The highest BCUT2D eigenvalue weighted by Gasteiger charge is 2.29. The van der Waals surface area contributed by atoms with Crippen LogP contribution in [0.4, 0.5) is 11.5 Å². The van der Waals surface area contributed by atoms with Crippen LogP contribution in [0.5, 0.6) is 0 Å². The highest BCUT2D eigenvalue weighted by atomic mass is 16.5. The van der Waals surface area contributed by atoms with Crippen molar-refractivity contribution in [1.29, 1.82) is 0 Å². The lowest BCUT2D eigenvalue weighted by atomic mass is 10.1. The third-order valence-corrected chi connectivity index (χ3v) is 5.39. The molecule has 1 saturated heterocycles. The number of hydrogen-bond donors (Lipinski definition) is 0. The van der Waals surface area contributed by atoms with E-state index < -0.39 is 0 Å². The summed E-state index contributed by atoms with van der Waals surface area (Å²) in [6.45, 7) is 4.21. The Balaban J connectivity index is 1.44. The number of nitrogens with zero attached hydrogens (tertiary/aromatic N) is 6. The van der Waals surface area contributed by atoms with Crippen LogP contribution in [-0.2, 0) is 11.3 Å². The third-order valence-electron chi connectivity index (χ3n) is 5.39. The quantitative estimate of drug-likeness (QED) is 0.693. The number of ether oxygens (including phenoxy) is 1. The summed E-state index contributed by atoms with van der Waals surface area (Å²) in [5, 5.41) is 8.86. The minimum Gasteiger partial charge on any atom is -0.378 e. The molecule has 0 radical (unpaired) electrons. The smallest absolute Gasteiger partial charge is 0.203 e. The highest BCUT2D eigenvalue weighted by Crippen LogP contribution is 2.39. The van der Waals surface area contributed by atoms with Crippen LogP contribution in [0.3, 0.4) is 0 Å². The maximum Gasteiger partial charge on any atom is 0.203 e. The molecule has 7 heteroatoms. The van der Waals surface area contributed by atoms with Crippen molar-refractivity contribution in [2.45, 2.75) is 25.3 Å². The number of aromatic nitrogens is 4. The first-order chi connectivity index (χ1) is 13.3. The number of benzene rings is 1. The van der Waals surface area contributed by atoms with Gasteiger partial charge in [0.1, 0.15) is 5.82 Å². The second-order valence-electron chi connectivity index (χ2n) is 7.36. The van der Waals surface area contributed by atoms with Crippen LogP contribution < -0.4 is 9.80 Å². The summed E-state index contributed by atoms with van der Waals surface area (Å²) in [6, 6.07) is 8.60. The molecular weight excluding hydrogens is 340 g/mol. The Labute approximate surface area is 158 Å². The van der Waals surface area contributed by atoms with E-state index in [4.69, 9.17) is 4.74 Å². The fraction of sp³-hybridized carbons (Fsp3) is 0.450. The van der Waals surface area contributed by atoms with Crippen molar-refractivity contribution in [1.82, 2.24) is 19.6 Å². The normalized spacial score (nSPS) is 17.4. The average Bonchev–Trinajstić information content (AvgIpc) is 3.47. The zero-order valence-electron chi connectivity index (χ0n) is 15.6. The second-order valence-corrected chi connectivity index (χ2v) is 7.36. The molecule has 0 spiro atoms. The molecule has 140 valence electrons. The van der Waals surface area contributed by atoms with Crippen molar-refractivity contribution in [3.05, 3.63) is 48.0 Å². The SMILES string of the molecule is CN(Cc1ccccc1N1CCOCC1)c1nccn2c(C3CC3)nnc12. The van der Waals surface area contributed by atoms with Gasteiger partial charge in [-0.1, -0.05) is 18.2 Å². The molecule has 1 aliphatic carbocycles.